The van der Waals surface area contributed by atoms with Gasteiger partial charge in [0.05, 0.1) is 0 Å². The summed E-state index contributed by atoms with van der Waals surface area (Å²) in [6.07, 6.45) is 5.18. The number of carbonyl (C=O) groups excluding carboxylic acids is 1. The maximum absolute atomic E-state index is 13.0. The standard InChI is InChI=1S/C26H33NO/c1-26(2,3)22-11-9-19(10-12-22)15-25(28)21-16-23-13-14-24(17-21)27(23)18-20-7-5-4-6-8-20/h4-12,21,23-24H,13-18H2,1-3H3. The second-order valence-corrected chi connectivity index (χ2v) is 9.80. The lowest BCUT2D eigenvalue weighted by Gasteiger charge is -2.38. The van der Waals surface area contributed by atoms with Gasteiger partial charge in [0, 0.05) is 31.0 Å². The molecule has 148 valence electrons. The molecule has 0 N–H and O–H groups in total. The van der Waals surface area contributed by atoms with E-state index in [2.05, 4.69) is 80.3 Å². The number of carbonyl (C=O) groups is 1. The quantitative estimate of drug-likeness (QED) is 0.684. The van der Waals surface area contributed by atoms with Crippen molar-refractivity contribution in [3.8, 4) is 0 Å². The van der Waals surface area contributed by atoms with Crippen LogP contribution in [0.15, 0.2) is 54.6 Å². The van der Waals surface area contributed by atoms with Gasteiger partial charge in [-0.25, -0.2) is 0 Å². The number of hydrogen-bond acceptors (Lipinski definition) is 2. The summed E-state index contributed by atoms with van der Waals surface area (Å²) in [5.74, 6) is 0.687. The minimum absolute atomic E-state index is 0.160. The van der Waals surface area contributed by atoms with Crippen molar-refractivity contribution in [2.75, 3.05) is 0 Å². The van der Waals surface area contributed by atoms with Gasteiger partial charge in [0.1, 0.15) is 5.78 Å². The molecule has 0 amide bonds. The van der Waals surface area contributed by atoms with E-state index in [0.717, 1.165) is 24.9 Å². The van der Waals surface area contributed by atoms with Gasteiger partial charge in [-0.2, -0.15) is 0 Å². The minimum Gasteiger partial charge on any atom is -0.299 e. The minimum atomic E-state index is 0.160. The van der Waals surface area contributed by atoms with Crippen LogP contribution in [0.3, 0.4) is 0 Å². The van der Waals surface area contributed by atoms with E-state index in [9.17, 15) is 4.79 Å². The number of piperidine rings is 1. The van der Waals surface area contributed by atoms with Crippen molar-refractivity contribution in [3.63, 3.8) is 0 Å². The molecule has 2 aromatic rings. The molecule has 2 unspecified atom stereocenters. The van der Waals surface area contributed by atoms with Crippen molar-refractivity contribution in [2.24, 2.45) is 5.92 Å². The number of fused-ring (bicyclic) bond motifs is 2. The van der Waals surface area contributed by atoms with E-state index in [1.54, 1.807) is 0 Å². The third-order valence-corrected chi connectivity index (χ3v) is 6.75. The molecule has 0 spiro atoms. The maximum Gasteiger partial charge on any atom is 0.140 e. The molecule has 2 fully saturated rings. The Balaban J connectivity index is 1.37. The highest BCUT2D eigenvalue weighted by molar-refractivity contribution is 5.83. The molecule has 2 aromatic carbocycles. The lowest BCUT2D eigenvalue weighted by molar-refractivity contribution is -0.124. The second-order valence-electron chi connectivity index (χ2n) is 9.80. The van der Waals surface area contributed by atoms with Crippen LogP contribution in [0.1, 0.15) is 63.1 Å². The molecule has 28 heavy (non-hydrogen) atoms. The number of Topliss-reactive ketones (excluding diaryl/α,β-unsaturated/α-hetero) is 1. The summed E-state index contributed by atoms with van der Waals surface area (Å²) in [7, 11) is 0. The predicted molar refractivity (Wildman–Crippen MR) is 115 cm³/mol. The molecule has 2 heteroatoms. The van der Waals surface area contributed by atoms with Crippen LogP contribution in [0, 0.1) is 5.92 Å². The molecule has 2 aliphatic rings. The fourth-order valence-electron chi connectivity index (χ4n) is 5.06. The highest BCUT2D eigenvalue weighted by Gasteiger charge is 2.42. The summed E-state index contributed by atoms with van der Waals surface area (Å²) in [6, 6.07) is 20.6. The largest absolute Gasteiger partial charge is 0.299 e. The first-order valence-electron chi connectivity index (χ1n) is 10.8. The molecule has 0 radical (unpaired) electrons. The summed E-state index contributed by atoms with van der Waals surface area (Å²) in [5.41, 5.74) is 4.05. The average Bonchev–Trinajstić information content (AvgIpc) is 2.89. The van der Waals surface area contributed by atoms with Gasteiger partial charge < -0.3 is 0 Å². The SMILES string of the molecule is CC(C)(C)c1ccc(CC(=O)C2CC3CCC(C2)N3Cc2ccccc2)cc1. The van der Waals surface area contributed by atoms with Crippen LogP contribution in [0.5, 0.6) is 0 Å². The zero-order valence-corrected chi connectivity index (χ0v) is 17.5. The third kappa shape index (κ3) is 4.22. The van der Waals surface area contributed by atoms with E-state index in [1.807, 2.05) is 0 Å². The lowest BCUT2D eigenvalue weighted by Crippen LogP contribution is -2.44. The molecule has 2 nitrogen and oxygen atoms in total. The molecule has 2 bridgehead atoms. The summed E-state index contributed by atoms with van der Waals surface area (Å²) >= 11 is 0. The molecular formula is C26H33NO. The fourth-order valence-corrected chi connectivity index (χ4v) is 5.06. The molecule has 2 saturated heterocycles. The Hall–Kier alpha value is -1.93. The van der Waals surface area contributed by atoms with Crippen LogP contribution in [-0.4, -0.2) is 22.8 Å². The Bertz CT molecular complexity index is 789. The Labute approximate surface area is 170 Å². The molecule has 2 aliphatic heterocycles. The van der Waals surface area contributed by atoms with Crippen LogP contribution in [-0.2, 0) is 23.2 Å². The fraction of sp³-hybridized carbons (Fsp3) is 0.500. The van der Waals surface area contributed by atoms with Crippen LogP contribution >= 0.6 is 0 Å². The molecule has 2 heterocycles. The second kappa shape index (κ2) is 7.83. The Morgan fingerprint density at radius 3 is 2.07 bits per heavy atom. The first-order chi connectivity index (χ1) is 13.4. The van der Waals surface area contributed by atoms with Crippen molar-refractivity contribution >= 4 is 5.78 Å². The maximum atomic E-state index is 13.0. The zero-order chi connectivity index (χ0) is 19.7. The number of hydrogen-bond donors (Lipinski definition) is 0. The van der Waals surface area contributed by atoms with E-state index in [0.29, 0.717) is 24.3 Å². The number of rotatable bonds is 5. The summed E-state index contributed by atoms with van der Waals surface area (Å²) in [4.78, 5) is 15.7. The number of nitrogens with zero attached hydrogens (tertiary/aromatic N) is 1. The van der Waals surface area contributed by atoms with Crippen molar-refractivity contribution in [3.05, 3.63) is 71.3 Å². The first-order valence-corrected chi connectivity index (χ1v) is 10.8. The highest BCUT2D eigenvalue weighted by atomic mass is 16.1. The average molecular weight is 376 g/mol. The molecule has 0 aliphatic carbocycles. The van der Waals surface area contributed by atoms with Gasteiger partial charge in [0.25, 0.3) is 0 Å². The molecule has 4 rings (SSSR count). The van der Waals surface area contributed by atoms with E-state index < -0.39 is 0 Å². The van der Waals surface area contributed by atoms with Gasteiger partial charge in [-0.15, -0.1) is 0 Å². The first kappa shape index (κ1) is 19.4. The van der Waals surface area contributed by atoms with Crippen LogP contribution < -0.4 is 0 Å². The third-order valence-electron chi connectivity index (χ3n) is 6.75. The monoisotopic (exact) mass is 375 g/mol. The Kier molecular flexibility index (Phi) is 5.42. The van der Waals surface area contributed by atoms with E-state index >= 15 is 0 Å². The zero-order valence-electron chi connectivity index (χ0n) is 17.5. The van der Waals surface area contributed by atoms with Crippen molar-refractivity contribution in [2.45, 2.75) is 76.9 Å². The summed E-state index contributed by atoms with van der Waals surface area (Å²) in [6.45, 7) is 7.72. The van der Waals surface area contributed by atoms with Crippen LogP contribution in [0.4, 0.5) is 0 Å². The highest BCUT2D eigenvalue weighted by Crippen LogP contribution is 2.40. The molecular weight excluding hydrogens is 342 g/mol. The Morgan fingerprint density at radius 2 is 1.50 bits per heavy atom. The van der Waals surface area contributed by atoms with E-state index in [-0.39, 0.29) is 11.3 Å². The lowest BCUT2D eigenvalue weighted by atomic mass is 9.83. The summed E-state index contributed by atoms with van der Waals surface area (Å²) in [5, 5.41) is 0. The molecule has 0 aromatic heterocycles. The van der Waals surface area contributed by atoms with Gasteiger partial charge in [0.15, 0.2) is 0 Å². The predicted octanol–water partition coefficient (Wildman–Crippen LogP) is 5.54. The van der Waals surface area contributed by atoms with Crippen molar-refractivity contribution < 1.29 is 4.79 Å². The van der Waals surface area contributed by atoms with Crippen LogP contribution in [0.2, 0.25) is 0 Å². The van der Waals surface area contributed by atoms with Gasteiger partial charge in [-0.1, -0.05) is 75.4 Å². The van der Waals surface area contributed by atoms with Gasteiger partial charge >= 0.3 is 0 Å². The van der Waals surface area contributed by atoms with Crippen molar-refractivity contribution in [1.82, 2.24) is 4.90 Å². The summed E-state index contributed by atoms with van der Waals surface area (Å²) < 4.78 is 0. The van der Waals surface area contributed by atoms with E-state index in [4.69, 9.17) is 0 Å². The van der Waals surface area contributed by atoms with Gasteiger partial charge in [-0.3, -0.25) is 9.69 Å². The normalized spacial score (nSPS) is 25.0. The molecule has 0 saturated carbocycles. The van der Waals surface area contributed by atoms with Crippen LogP contribution in [0.25, 0.3) is 0 Å². The topological polar surface area (TPSA) is 20.3 Å². The smallest absolute Gasteiger partial charge is 0.140 e. The van der Waals surface area contributed by atoms with Gasteiger partial charge in [-0.05, 0) is 47.8 Å². The Morgan fingerprint density at radius 1 is 0.893 bits per heavy atom. The van der Waals surface area contributed by atoms with Gasteiger partial charge in [0.2, 0.25) is 0 Å². The van der Waals surface area contributed by atoms with Crippen molar-refractivity contribution in [1.29, 1.82) is 0 Å². The van der Waals surface area contributed by atoms with E-state index in [1.165, 1.54) is 24.0 Å². The number of benzene rings is 2. The number of ketones is 1. The molecule has 2 atom stereocenters.